The van der Waals surface area contributed by atoms with E-state index in [0.717, 1.165) is 39.7 Å². The van der Waals surface area contributed by atoms with Gasteiger partial charge >= 0.3 is 0 Å². The molecule has 0 saturated carbocycles. The third-order valence-corrected chi connectivity index (χ3v) is 5.18. The highest BCUT2D eigenvalue weighted by Gasteiger charge is 2.25. The maximum absolute atomic E-state index is 12.3. The van der Waals surface area contributed by atoms with Crippen LogP contribution in [0.4, 0.5) is 5.82 Å². The van der Waals surface area contributed by atoms with Crippen molar-refractivity contribution in [2.45, 2.75) is 12.8 Å². The van der Waals surface area contributed by atoms with Crippen molar-refractivity contribution in [3.05, 3.63) is 79.0 Å². The Morgan fingerprint density at radius 1 is 0.857 bits per heavy atom. The van der Waals surface area contributed by atoms with Crippen LogP contribution in [-0.4, -0.2) is 22.4 Å². The van der Waals surface area contributed by atoms with Crippen LogP contribution in [-0.2, 0) is 4.79 Å². The van der Waals surface area contributed by atoms with Crippen LogP contribution >= 0.6 is 0 Å². The number of carbonyl (C=O) groups is 1. The van der Waals surface area contributed by atoms with Crippen molar-refractivity contribution >= 4 is 22.6 Å². The van der Waals surface area contributed by atoms with E-state index in [-0.39, 0.29) is 5.91 Å². The summed E-state index contributed by atoms with van der Waals surface area (Å²) >= 11 is 0. The van der Waals surface area contributed by atoms with Gasteiger partial charge in [0.15, 0.2) is 0 Å². The second kappa shape index (κ2) is 6.89. The highest BCUT2D eigenvalue weighted by molar-refractivity contribution is 6.04. The van der Waals surface area contributed by atoms with E-state index >= 15 is 0 Å². The summed E-state index contributed by atoms with van der Waals surface area (Å²) in [5.74, 6) is 0.845. The van der Waals surface area contributed by atoms with Crippen LogP contribution in [0.5, 0.6) is 0 Å². The highest BCUT2D eigenvalue weighted by atomic mass is 16.2. The summed E-state index contributed by atoms with van der Waals surface area (Å²) < 4.78 is 0. The van der Waals surface area contributed by atoms with E-state index in [1.54, 1.807) is 11.1 Å². The minimum Gasteiger partial charge on any atom is -0.296 e. The number of aromatic nitrogens is 2. The van der Waals surface area contributed by atoms with Crippen molar-refractivity contribution in [2.24, 2.45) is 0 Å². The molecule has 2 aromatic heterocycles. The van der Waals surface area contributed by atoms with Crippen LogP contribution in [0, 0.1) is 0 Å². The van der Waals surface area contributed by atoms with Gasteiger partial charge in [0.25, 0.3) is 0 Å². The fourth-order valence-electron chi connectivity index (χ4n) is 3.82. The van der Waals surface area contributed by atoms with E-state index in [9.17, 15) is 4.79 Å². The van der Waals surface area contributed by atoms with E-state index in [1.807, 2.05) is 42.5 Å². The molecule has 4 heteroatoms. The van der Waals surface area contributed by atoms with Gasteiger partial charge in [-0.25, -0.2) is 9.97 Å². The summed E-state index contributed by atoms with van der Waals surface area (Å²) in [7, 11) is 0. The lowest BCUT2D eigenvalue weighted by molar-refractivity contribution is -0.117. The van der Waals surface area contributed by atoms with Crippen molar-refractivity contribution in [1.29, 1.82) is 0 Å². The number of fused-ring (bicyclic) bond motifs is 1. The molecule has 0 spiro atoms. The Labute approximate surface area is 163 Å². The van der Waals surface area contributed by atoms with Crippen LogP contribution in [0.2, 0.25) is 0 Å². The molecule has 4 aromatic rings. The number of carbonyl (C=O) groups excluding carboxylic acids is 1. The molecule has 136 valence electrons. The molecule has 2 aromatic carbocycles. The topological polar surface area (TPSA) is 46.1 Å². The predicted octanol–water partition coefficient (Wildman–Crippen LogP) is 5.09. The zero-order chi connectivity index (χ0) is 18.9. The third kappa shape index (κ3) is 2.83. The fraction of sp³-hybridized carbons (Fsp3) is 0.125. The summed E-state index contributed by atoms with van der Waals surface area (Å²) in [6.45, 7) is 0.714. The molecule has 0 radical (unpaired) electrons. The summed E-state index contributed by atoms with van der Waals surface area (Å²) in [5, 5.41) is 0.913. The third-order valence-electron chi connectivity index (χ3n) is 5.18. The maximum atomic E-state index is 12.3. The summed E-state index contributed by atoms with van der Waals surface area (Å²) in [6, 6.07) is 24.5. The van der Waals surface area contributed by atoms with Crippen LogP contribution in [0.15, 0.2) is 79.0 Å². The first-order valence-corrected chi connectivity index (χ1v) is 9.52. The number of amides is 1. The Morgan fingerprint density at radius 3 is 2.25 bits per heavy atom. The lowest BCUT2D eigenvalue weighted by Crippen LogP contribution is -2.25. The first-order valence-electron chi connectivity index (χ1n) is 9.52. The summed E-state index contributed by atoms with van der Waals surface area (Å²) in [6.07, 6.45) is 3.20. The molecule has 0 aliphatic carbocycles. The van der Waals surface area contributed by atoms with Crippen molar-refractivity contribution in [2.75, 3.05) is 11.4 Å². The normalized spacial score (nSPS) is 14.0. The van der Waals surface area contributed by atoms with Crippen LogP contribution < -0.4 is 4.90 Å². The smallest absolute Gasteiger partial charge is 0.228 e. The Balaban J connectivity index is 1.79. The molecule has 0 unspecified atom stereocenters. The Morgan fingerprint density at radius 2 is 1.57 bits per heavy atom. The number of pyridine rings is 2. The van der Waals surface area contributed by atoms with Crippen molar-refractivity contribution in [3.63, 3.8) is 0 Å². The Bertz CT molecular complexity index is 1160. The molecule has 0 N–H and O–H groups in total. The highest BCUT2D eigenvalue weighted by Crippen LogP contribution is 2.36. The van der Waals surface area contributed by atoms with Gasteiger partial charge in [0.05, 0.1) is 11.2 Å². The molecule has 1 amide bonds. The molecular formula is C24H19N3O. The minimum atomic E-state index is 0.133. The number of rotatable bonds is 3. The van der Waals surface area contributed by atoms with E-state index in [4.69, 9.17) is 4.98 Å². The molecular weight excluding hydrogens is 346 g/mol. The second-order valence-electron chi connectivity index (χ2n) is 6.97. The molecule has 1 aliphatic rings. The van der Waals surface area contributed by atoms with Crippen LogP contribution in [0.1, 0.15) is 12.8 Å². The number of anilines is 1. The first-order chi connectivity index (χ1) is 13.8. The van der Waals surface area contributed by atoms with Crippen molar-refractivity contribution in [1.82, 2.24) is 9.97 Å². The monoisotopic (exact) mass is 365 g/mol. The fourth-order valence-corrected chi connectivity index (χ4v) is 3.82. The van der Waals surface area contributed by atoms with E-state index in [2.05, 4.69) is 35.3 Å². The number of hydrogen-bond acceptors (Lipinski definition) is 3. The van der Waals surface area contributed by atoms with Crippen LogP contribution in [0.3, 0.4) is 0 Å². The maximum Gasteiger partial charge on any atom is 0.228 e. The quantitative estimate of drug-likeness (QED) is 0.508. The van der Waals surface area contributed by atoms with Crippen molar-refractivity contribution < 1.29 is 4.79 Å². The minimum absolute atomic E-state index is 0.133. The average molecular weight is 365 g/mol. The Kier molecular flexibility index (Phi) is 4.09. The number of nitrogens with zero attached hydrogens (tertiary/aromatic N) is 3. The molecule has 28 heavy (non-hydrogen) atoms. The van der Waals surface area contributed by atoms with Gasteiger partial charge in [-0.2, -0.15) is 0 Å². The van der Waals surface area contributed by atoms with E-state index in [1.165, 1.54) is 0 Å². The lowest BCUT2D eigenvalue weighted by Gasteiger charge is -2.18. The molecule has 1 saturated heterocycles. The summed E-state index contributed by atoms with van der Waals surface area (Å²) in [4.78, 5) is 23.7. The zero-order valence-electron chi connectivity index (χ0n) is 15.4. The first kappa shape index (κ1) is 16.6. The largest absolute Gasteiger partial charge is 0.296 e. The van der Waals surface area contributed by atoms with Gasteiger partial charge in [-0.15, -0.1) is 0 Å². The predicted molar refractivity (Wildman–Crippen MR) is 112 cm³/mol. The van der Waals surface area contributed by atoms with Gasteiger partial charge in [-0.05, 0) is 24.1 Å². The molecule has 5 rings (SSSR count). The SMILES string of the molecule is O=C1CCCN1c1nccc2nc(-c3ccccc3)c(-c3ccccc3)cc12. The van der Waals surface area contributed by atoms with E-state index < -0.39 is 0 Å². The van der Waals surface area contributed by atoms with Gasteiger partial charge in [-0.3, -0.25) is 9.69 Å². The molecule has 4 nitrogen and oxygen atoms in total. The van der Waals surface area contributed by atoms with Gasteiger partial charge in [-0.1, -0.05) is 60.7 Å². The lowest BCUT2D eigenvalue weighted by atomic mass is 9.97. The number of benzene rings is 2. The zero-order valence-corrected chi connectivity index (χ0v) is 15.4. The summed E-state index contributed by atoms with van der Waals surface area (Å²) in [5.41, 5.74) is 4.99. The Hall–Kier alpha value is -3.53. The average Bonchev–Trinajstić information content (AvgIpc) is 3.19. The van der Waals surface area contributed by atoms with Gasteiger partial charge in [0.2, 0.25) is 5.91 Å². The standard InChI is InChI=1S/C24H19N3O/c28-22-12-7-15-27(22)24-20-16-19(17-8-3-1-4-9-17)23(18-10-5-2-6-11-18)26-21(20)13-14-25-24/h1-6,8-11,13-14,16H,7,12,15H2. The molecule has 1 fully saturated rings. The van der Waals surface area contributed by atoms with Crippen LogP contribution in [0.25, 0.3) is 33.3 Å². The van der Waals surface area contributed by atoms with Gasteiger partial charge in [0, 0.05) is 35.7 Å². The number of hydrogen-bond donors (Lipinski definition) is 0. The molecule has 0 bridgehead atoms. The van der Waals surface area contributed by atoms with Gasteiger partial charge < -0.3 is 0 Å². The molecule has 1 aliphatic heterocycles. The second-order valence-corrected chi connectivity index (χ2v) is 6.97. The van der Waals surface area contributed by atoms with E-state index in [0.29, 0.717) is 18.8 Å². The molecule has 3 heterocycles. The molecule has 0 atom stereocenters. The van der Waals surface area contributed by atoms with Crippen molar-refractivity contribution in [3.8, 4) is 22.4 Å². The van der Waals surface area contributed by atoms with Gasteiger partial charge in [0.1, 0.15) is 5.82 Å².